The van der Waals surface area contributed by atoms with Crippen molar-refractivity contribution in [2.24, 2.45) is 0 Å². The lowest BCUT2D eigenvalue weighted by molar-refractivity contribution is -0.137. The van der Waals surface area contributed by atoms with Gasteiger partial charge in [-0.25, -0.2) is 0 Å². The highest BCUT2D eigenvalue weighted by Crippen LogP contribution is 2.16. The number of unbranched alkanes of at least 4 members (excludes halogenated alkanes) is 1. The zero-order valence-corrected chi connectivity index (χ0v) is 10.8. The lowest BCUT2D eigenvalue weighted by Crippen LogP contribution is -2.24. The Morgan fingerprint density at radius 1 is 1.11 bits per heavy atom. The summed E-state index contributed by atoms with van der Waals surface area (Å²) in [5, 5.41) is 20.7. The molecule has 0 saturated carbocycles. The maximum Gasteiger partial charge on any atom is 0.303 e. The Morgan fingerprint density at radius 3 is 2.53 bits per heavy atom. The van der Waals surface area contributed by atoms with E-state index in [1.165, 1.54) is 0 Å². The van der Waals surface area contributed by atoms with Crippen LogP contribution >= 0.6 is 0 Å². The molecule has 5 nitrogen and oxygen atoms in total. The topological polar surface area (TPSA) is 86.6 Å². The monoisotopic (exact) mass is 265 g/mol. The number of hydrogen-bond acceptors (Lipinski definition) is 3. The minimum Gasteiger partial charge on any atom is -0.508 e. The van der Waals surface area contributed by atoms with Crippen molar-refractivity contribution in [2.75, 3.05) is 6.54 Å². The molecule has 0 radical (unpaired) electrons. The Hall–Kier alpha value is -2.04. The van der Waals surface area contributed by atoms with Crippen LogP contribution < -0.4 is 5.32 Å². The van der Waals surface area contributed by atoms with Crippen LogP contribution in [-0.4, -0.2) is 28.6 Å². The third-order valence-corrected chi connectivity index (χ3v) is 2.75. The van der Waals surface area contributed by atoms with Crippen molar-refractivity contribution in [3.05, 3.63) is 29.8 Å². The molecule has 0 aliphatic rings. The normalized spacial score (nSPS) is 10.1. The number of aromatic hydroxyl groups is 1. The third kappa shape index (κ3) is 6.45. The first-order valence-electron chi connectivity index (χ1n) is 6.35. The number of aliphatic carboxylic acids is 1. The molecule has 1 amide bonds. The van der Waals surface area contributed by atoms with Crippen LogP contribution in [0.2, 0.25) is 0 Å². The largest absolute Gasteiger partial charge is 0.508 e. The molecule has 3 N–H and O–H groups in total. The number of carbonyl (C=O) groups is 2. The van der Waals surface area contributed by atoms with Crippen LogP contribution in [-0.2, 0) is 16.0 Å². The number of para-hydroxylation sites is 1. The number of aryl methyl sites for hydroxylation is 1. The Bertz CT molecular complexity index is 431. The van der Waals surface area contributed by atoms with Crippen molar-refractivity contribution in [3.8, 4) is 5.75 Å². The fraction of sp³-hybridized carbons (Fsp3) is 0.429. The summed E-state index contributed by atoms with van der Waals surface area (Å²) in [7, 11) is 0. The van der Waals surface area contributed by atoms with E-state index in [0.29, 0.717) is 32.2 Å². The SMILES string of the molecule is O=C(O)CCCCNC(=O)CCc1ccccc1O. The molecule has 0 aromatic heterocycles. The lowest BCUT2D eigenvalue weighted by Gasteiger charge is -2.06. The van der Waals surface area contributed by atoms with Gasteiger partial charge in [0.05, 0.1) is 0 Å². The number of phenolic OH excluding ortho intramolecular Hbond substituents is 1. The summed E-state index contributed by atoms with van der Waals surface area (Å²) in [5.41, 5.74) is 0.753. The Balaban J connectivity index is 2.15. The van der Waals surface area contributed by atoms with E-state index in [1.807, 2.05) is 6.07 Å². The summed E-state index contributed by atoms with van der Waals surface area (Å²) in [6.07, 6.45) is 2.17. The number of carboxylic acids is 1. The van der Waals surface area contributed by atoms with E-state index in [9.17, 15) is 14.7 Å². The zero-order chi connectivity index (χ0) is 14.1. The van der Waals surface area contributed by atoms with E-state index in [1.54, 1.807) is 18.2 Å². The molecule has 0 bridgehead atoms. The minimum absolute atomic E-state index is 0.0846. The van der Waals surface area contributed by atoms with Crippen LogP contribution in [0, 0.1) is 0 Å². The second-order valence-corrected chi connectivity index (χ2v) is 4.33. The van der Waals surface area contributed by atoms with Gasteiger partial charge in [0.1, 0.15) is 5.75 Å². The number of phenols is 1. The van der Waals surface area contributed by atoms with Crippen molar-refractivity contribution >= 4 is 11.9 Å². The van der Waals surface area contributed by atoms with Crippen LogP contribution in [0.3, 0.4) is 0 Å². The van der Waals surface area contributed by atoms with Gasteiger partial charge in [-0.3, -0.25) is 9.59 Å². The molecule has 0 saturated heterocycles. The van der Waals surface area contributed by atoms with E-state index >= 15 is 0 Å². The number of rotatable bonds is 8. The number of carboxylic acid groups (broad SMARTS) is 1. The molecule has 5 heteroatoms. The van der Waals surface area contributed by atoms with E-state index in [0.717, 1.165) is 5.56 Å². The van der Waals surface area contributed by atoms with Gasteiger partial charge in [0.2, 0.25) is 5.91 Å². The van der Waals surface area contributed by atoms with Gasteiger partial charge in [0.25, 0.3) is 0 Å². The van der Waals surface area contributed by atoms with Gasteiger partial charge < -0.3 is 15.5 Å². The van der Waals surface area contributed by atoms with Crippen LogP contribution in [0.5, 0.6) is 5.75 Å². The number of amides is 1. The fourth-order valence-electron chi connectivity index (χ4n) is 1.69. The first-order chi connectivity index (χ1) is 9.09. The highest BCUT2D eigenvalue weighted by Gasteiger charge is 2.05. The smallest absolute Gasteiger partial charge is 0.303 e. The zero-order valence-electron chi connectivity index (χ0n) is 10.8. The molecule has 19 heavy (non-hydrogen) atoms. The molecule has 104 valence electrons. The van der Waals surface area contributed by atoms with Gasteiger partial charge in [-0.1, -0.05) is 18.2 Å². The van der Waals surface area contributed by atoms with Crippen LogP contribution in [0.1, 0.15) is 31.2 Å². The van der Waals surface area contributed by atoms with Gasteiger partial charge >= 0.3 is 5.97 Å². The molecule has 0 atom stereocenters. The highest BCUT2D eigenvalue weighted by molar-refractivity contribution is 5.76. The van der Waals surface area contributed by atoms with Gasteiger partial charge in [-0.15, -0.1) is 0 Å². The van der Waals surface area contributed by atoms with Crippen molar-refractivity contribution < 1.29 is 19.8 Å². The molecular formula is C14H19NO4. The summed E-state index contributed by atoms with van der Waals surface area (Å²) >= 11 is 0. The number of hydrogen-bond donors (Lipinski definition) is 3. The summed E-state index contributed by atoms with van der Waals surface area (Å²) in [6.45, 7) is 0.493. The van der Waals surface area contributed by atoms with Crippen molar-refractivity contribution in [3.63, 3.8) is 0 Å². The summed E-state index contributed by atoms with van der Waals surface area (Å²) in [4.78, 5) is 21.8. The van der Waals surface area contributed by atoms with Gasteiger partial charge in [-0.05, 0) is 30.9 Å². The second-order valence-electron chi connectivity index (χ2n) is 4.33. The minimum atomic E-state index is -0.814. The quantitative estimate of drug-likeness (QED) is 0.624. The van der Waals surface area contributed by atoms with E-state index in [2.05, 4.69) is 5.32 Å². The molecule has 0 aliphatic carbocycles. The first kappa shape index (κ1) is 15.0. The fourth-order valence-corrected chi connectivity index (χ4v) is 1.69. The van der Waals surface area contributed by atoms with Crippen LogP contribution in [0.15, 0.2) is 24.3 Å². The molecule has 1 aromatic rings. The lowest BCUT2D eigenvalue weighted by atomic mass is 10.1. The predicted molar refractivity (Wildman–Crippen MR) is 70.9 cm³/mol. The van der Waals surface area contributed by atoms with E-state index in [-0.39, 0.29) is 18.1 Å². The van der Waals surface area contributed by atoms with Crippen molar-refractivity contribution in [1.82, 2.24) is 5.32 Å². The standard InChI is InChI=1S/C14H19NO4/c16-12-6-2-1-5-11(12)8-9-13(17)15-10-4-3-7-14(18)19/h1-2,5-6,16H,3-4,7-10H2,(H,15,17)(H,18,19). The molecule has 0 spiro atoms. The Labute approximate surface area is 112 Å². The summed E-state index contributed by atoms with van der Waals surface area (Å²) < 4.78 is 0. The molecule has 0 aliphatic heterocycles. The van der Waals surface area contributed by atoms with Gasteiger partial charge in [-0.2, -0.15) is 0 Å². The predicted octanol–water partition coefficient (Wildman–Crippen LogP) is 1.70. The van der Waals surface area contributed by atoms with Gasteiger partial charge in [0, 0.05) is 19.4 Å². The third-order valence-electron chi connectivity index (χ3n) is 2.75. The Morgan fingerprint density at radius 2 is 1.84 bits per heavy atom. The van der Waals surface area contributed by atoms with E-state index < -0.39 is 5.97 Å². The molecule has 0 fully saturated rings. The average molecular weight is 265 g/mol. The highest BCUT2D eigenvalue weighted by atomic mass is 16.4. The number of nitrogens with one attached hydrogen (secondary N) is 1. The molecular weight excluding hydrogens is 246 g/mol. The first-order valence-corrected chi connectivity index (χ1v) is 6.35. The maximum atomic E-state index is 11.5. The second kappa shape index (κ2) is 8.13. The maximum absolute atomic E-state index is 11.5. The summed E-state index contributed by atoms with van der Waals surface area (Å²) in [6, 6.07) is 6.94. The molecule has 1 rings (SSSR count). The molecule has 0 heterocycles. The van der Waals surface area contributed by atoms with Crippen LogP contribution in [0.4, 0.5) is 0 Å². The van der Waals surface area contributed by atoms with Crippen LogP contribution in [0.25, 0.3) is 0 Å². The van der Waals surface area contributed by atoms with Crippen molar-refractivity contribution in [1.29, 1.82) is 0 Å². The number of benzene rings is 1. The average Bonchev–Trinajstić information content (AvgIpc) is 2.37. The Kier molecular flexibility index (Phi) is 6.43. The van der Waals surface area contributed by atoms with Gasteiger partial charge in [0.15, 0.2) is 0 Å². The number of carbonyl (C=O) groups excluding carboxylic acids is 1. The van der Waals surface area contributed by atoms with E-state index in [4.69, 9.17) is 5.11 Å². The van der Waals surface area contributed by atoms with Crippen molar-refractivity contribution in [2.45, 2.75) is 32.1 Å². The summed E-state index contributed by atoms with van der Waals surface area (Å²) in [5.74, 6) is -0.693. The molecule has 1 aromatic carbocycles. The molecule has 0 unspecified atom stereocenters.